The van der Waals surface area contributed by atoms with Crippen LogP contribution in [0.4, 0.5) is 0 Å². The molecule has 1 aromatic rings. The molecule has 0 spiro atoms. The van der Waals surface area contributed by atoms with E-state index in [1.165, 1.54) is 25.1 Å². The van der Waals surface area contributed by atoms with Gasteiger partial charge in [0.15, 0.2) is 0 Å². The third kappa shape index (κ3) is 3.30. The minimum atomic E-state index is 0.451. The Morgan fingerprint density at radius 3 is 2.65 bits per heavy atom. The fourth-order valence-corrected chi connectivity index (χ4v) is 2.76. The number of nitrogens with zero attached hydrogens (tertiary/aromatic N) is 1. The van der Waals surface area contributed by atoms with Gasteiger partial charge in [-0.1, -0.05) is 37.3 Å². The van der Waals surface area contributed by atoms with Crippen LogP contribution in [0, 0.1) is 5.92 Å². The van der Waals surface area contributed by atoms with E-state index in [0.29, 0.717) is 12.1 Å². The average molecular weight is 232 g/mol. The summed E-state index contributed by atoms with van der Waals surface area (Å²) in [6.45, 7) is 7.04. The van der Waals surface area contributed by atoms with E-state index in [-0.39, 0.29) is 0 Å². The highest BCUT2D eigenvalue weighted by molar-refractivity contribution is 5.18. The zero-order chi connectivity index (χ0) is 12.3. The summed E-state index contributed by atoms with van der Waals surface area (Å²) in [5.41, 5.74) is 1.39. The second kappa shape index (κ2) is 5.65. The molecule has 1 heterocycles. The first kappa shape index (κ1) is 12.6. The van der Waals surface area contributed by atoms with Gasteiger partial charge in [-0.15, -0.1) is 0 Å². The molecule has 1 aliphatic rings. The molecule has 17 heavy (non-hydrogen) atoms. The smallest absolute Gasteiger partial charge is 0.0294 e. The highest BCUT2D eigenvalue weighted by Gasteiger charge is 2.25. The minimum Gasteiger partial charge on any atom is -0.307 e. The minimum absolute atomic E-state index is 0.451. The molecule has 0 amide bonds. The first-order valence-electron chi connectivity index (χ1n) is 6.66. The van der Waals surface area contributed by atoms with E-state index in [1.54, 1.807) is 0 Å². The summed E-state index contributed by atoms with van der Waals surface area (Å²) in [4.78, 5) is 2.43. The topological polar surface area (TPSA) is 15.3 Å². The first-order chi connectivity index (χ1) is 8.16. The van der Waals surface area contributed by atoms with E-state index in [4.69, 9.17) is 0 Å². The summed E-state index contributed by atoms with van der Waals surface area (Å²) in [7, 11) is 2.22. The predicted molar refractivity (Wildman–Crippen MR) is 73.1 cm³/mol. The van der Waals surface area contributed by atoms with Gasteiger partial charge in [0, 0.05) is 18.6 Å². The molecular weight excluding hydrogens is 208 g/mol. The maximum Gasteiger partial charge on any atom is 0.0294 e. The van der Waals surface area contributed by atoms with Crippen molar-refractivity contribution in [3.63, 3.8) is 0 Å². The van der Waals surface area contributed by atoms with E-state index in [2.05, 4.69) is 61.4 Å². The lowest BCUT2D eigenvalue weighted by Gasteiger charge is -2.37. The van der Waals surface area contributed by atoms with Crippen molar-refractivity contribution in [2.24, 2.45) is 5.92 Å². The van der Waals surface area contributed by atoms with E-state index >= 15 is 0 Å². The Kier molecular flexibility index (Phi) is 4.19. The fraction of sp³-hybridized carbons (Fsp3) is 0.600. The summed E-state index contributed by atoms with van der Waals surface area (Å²) < 4.78 is 0. The van der Waals surface area contributed by atoms with Crippen LogP contribution in [-0.2, 0) is 0 Å². The summed E-state index contributed by atoms with van der Waals surface area (Å²) in [5, 5.41) is 3.78. The van der Waals surface area contributed by atoms with Gasteiger partial charge in [0.1, 0.15) is 0 Å². The molecule has 1 aromatic carbocycles. The first-order valence-corrected chi connectivity index (χ1v) is 6.66. The maximum absolute atomic E-state index is 3.78. The Hall–Kier alpha value is -0.860. The summed E-state index contributed by atoms with van der Waals surface area (Å²) >= 11 is 0. The Labute approximate surface area is 105 Å². The zero-order valence-electron chi connectivity index (χ0n) is 11.2. The van der Waals surface area contributed by atoms with E-state index < -0.39 is 0 Å². The Balaban J connectivity index is 1.93. The SMILES string of the molecule is CC1CN(C)CCC1N[C@@H](C)c1ccccc1. The van der Waals surface area contributed by atoms with E-state index in [9.17, 15) is 0 Å². The Bertz CT molecular complexity index is 336. The fourth-order valence-electron chi connectivity index (χ4n) is 2.76. The largest absolute Gasteiger partial charge is 0.307 e. The van der Waals surface area contributed by atoms with Gasteiger partial charge in [0.05, 0.1) is 0 Å². The molecule has 0 saturated carbocycles. The third-order valence-electron chi connectivity index (χ3n) is 3.87. The van der Waals surface area contributed by atoms with Crippen LogP contribution in [-0.4, -0.2) is 31.1 Å². The molecule has 1 fully saturated rings. The van der Waals surface area contributed by atoms with E-state index in [0.717, 1.165) is 5.92 Å². The van der Waals surface area contributed by atoms with Crippen molar-refractivity contribution in [2.45, 2.75) is 32.4 Å². The molecule has 2 rings (SSSR count). The number of hydrogen-bond donors (Lipinski definition) is 1. The van der Waals surface area contributed by atoms with Crippen molar-refractivity contribution < 1.29 is 0 Å². The normalized spacial score (nSPS) is 27.9. The molecule has 0 aromatic heterocycles. The highest BCUT2D eigenvalue weighted by Crippen LogP contribution is 2.20. The molecule has 2 heteroatoms. The Morgan fingerprint density at radius 2 is 2.00 bits per heavy atom. The maximum atomic E-state index is 3.78. The van der Waals surface area contributed by atoms with Gasteiger partial charge < -0.3 is 10.2 Å². The summed E-state index contributed by atoms with van der Waals surface area (Å²) in [6.07, 6.45) is 1.26. The van der Waals surface area contributed by atoms with Crippen LogP contribution in [0.3, 0.4) is 0 Å². The standard InChI is InChI=1S/C15H24N2/c1-12-11-17(3)10-9-15(12)16-13(2)14-7-5-4-6-8-14/h4-8,12-13,15-16H,9-11H2,1-3H3/t12?,13-,15?/m0/s1. The third-order valence-corrected chi connectivity index (χ3v) is 3.87. The van der Waals surface area contributed by atoms with Crippen LogP contribution >= 0.6 is 0 Å². The molecule has 1 aliphatic heterocycles. The lowest BCUT2D eigenvalue weighted by Crippen LogP contribution is -2.47. The number of hydrogen-bond acceptors (Lipinski definition) is 2. The number of likely N-dealkylation sites (tertiary alicyclic amines) is 1. The Morgan fingerprint density at radius 1 is 1.29 bits per heavy atom. The second-order valence-electron chi connectivity index (χ2n) is 5.43. The van der Waals surface area contributed by atoms with Crippen LogP contribution in [0.25, 0.3) is 0 Å². The van der Waals surface area contributed by atoms with Crippen LogP contribution in [0.2, 0.25) is 0 Å². The van der Waals surface area contributed by atoms with Crippen molar-refractivity contribution in [3.8, 4) is 0 Å². The lowest BCUT2D eigenvalue weighted by molar-refractivity contribution is 0.168. The number of piperidine rings is 1. The molecule has 1 N–H and O–H groups in total. The van der Waals surface area contributed by atoms with Crippen LogP contribution < -0.4 is 5.32 Å². The molecule has 94 valence electrons. The lowest BCUT2D eigenvalue weighted by atomic mass is 9.93. The quantitative estimate of drug-likeness (QED) is 0.862. The molecule has 0 bridgehead atoms. The molecule has 2 unspecified atom stereocenters. The molecule has 3 atom stereocenters. The van der Waals surface area contributed by atoms with Gasteiger partial charge in [0.25, 0.3) is 0 Å². The van der Waals surface area contributed by atoms with Gasteiger partial charge in [0.2, 0.25) is 0 Å². The molecule has 0 radical (unpaired) electrons. The highest BCUT2D eigenvalue weighted by atomic mass is 15.1. The number of nitrogens with one attached hydrogen (secondary N) is 1. The molecule has 0 aliphatic carbocycles. The van der Waals surface area contributed by atoms with Crippen molar-refractivity contribution >= 4 is 0 Å². The number of rotatable bonds is 3. The zero-order valence-corrected chi connectivity index (χ0v) is 11.2. The molecular formula is C15H24N2. The van der Waals surface area contributed by atoms with Gasteiger partial charge in [-0.25, -0.2) is 0 Å². The van der Waals surface area contributed by atoms with Crippen molar-refractivity contribution in [2.75, 3.05) is 20.1 Å². The number of benzene rings is 1. The van der Waals surface area contributed by atoms with Gasteiger partial charge in [-0.05, 0) is 38.4 Å². The van der Waals surface area contributed by atoms with Crippen molar-refractivity contribution in [1.29, 1.82) is 0 Å². The predicted octanol–water partition coefficient (Wildman–Crippen LogP) is 2.68. The van der Waals surface area contributed by atoms with Crippen molar-refractivity contribution in [3.05, 3.63) is 35.9 Å². The monoisotopic (exact) mass is 232 g/mol. The summed E-state index contributed by atoms with van der Waals surface area (Å²) in [6, 6.07) is 11.8. The van der Waals surface area contributed by atoms with Crippen molar-refractivity contribution in [1.82, 2.24) is 10.2 Å². The summed E-state index contributed by atoms with van der Waals surface area (Å²) in [5.74, 6) is 0.736. The van der Waals surface area contributed by atoms with Gasteiger partial charge in [-0.2, -0.15) is 0 Å². The average Bonchev–Trinajstić information content (AvgIpc) is 2.34. The van der Waals surface area contributed by atoms with Crippen LogP contribution in [0.15, 0.2) is 30.3 Å². The molecule has 2 nitrogen and oxygen atoms in total. The molecule has 1 saturated heterocycles. The van der Waals surface area contributed by atoms with Crippen LogP contribution in [0.5, 0.6) is 0 Å². The van der Waals surface area contributed by atoms with E-state index in [1.807, 2.05) is 0 Å². The van der Waals surface area contributed by atoms with Gasteiger partial charge in [-0.3, -0.25) is 0 Å². The second-order valence-corrected chi connectivity index (χ2v) is 5.43. The van der Waals surface area contributed by atoms with Gasteiger partial charge >= 0.3 is 0 Å². The van der Waals surface area contributed by atoms with Crippen LogP contribution in [0.1, 0.15) is 31.9 Å².